The highest BCUT2D eigenvalue weighted by Gasteiger charge is 2.16. The first-order valence-corrected chi connectivity index (χ1v) is 7.68. The molecule has 0 aliphatic heterocycles. The van der Waals surface area contributed by atoms with Gasteiger partial charge in [-0.3, -0.25) is 15.4 Å². The molecule has 0 saturated carbocycles. The molecule has 7 heteroatoms. The molecule has 2 unspecified atom stereocenters. The van der Waals surface area contributed by atoms with Crippen molar-refractivity contribution in [3.8, 4) is 5.75 Å². The van der Waals surface area contributed by atoms with E-state index in [-0.39, 0.29) is 5.69 Å². The van der Waals surface area contributed by atoms with Crippen molar-refractivity contribution in [2.75, 3.05) is 18.4 Å². The molecule has 24 heavy (non-hydrogen) atoms. The Balaban J connectivity index is 1.84. The zero-order chi connectivity index (χ0) is 17.4. The van der Waals surface area contributed by atoms with Crippen molar-refractivity contribution in [2.24, 2.45) is 0 Å². The van der Waals surface area contributed by atoms with Crippen LogP contribution in [0.25, 0.3) is 0 Å². The Hall–Kier alpha value is -2.64. The minimum atomic E-state index is -0.712. The molecule has 0 heterocycles. The Labute approximate surface area is 140 Å². The van der Waals surface area contributed by atoms with Crippen molar-refractivity contribution in [3.05, 3.63) is 64.7 Å². The summed E-state index contributed by atoms with van der Waals surface area (Å²) in [5, 5.41) is 26.9. The largest absolute Gasteiger partial charge is 0.473 e. The van der Waals surface area contributed by atoms with Crippen LogP contribution < -0.4 is 15.4 Å². The maximum Gasteiger partial charge on any atom is 0.292 e. The molecule has 7 nitrogen and oxygen atoms in total. The number of nitro groups is 1. The summed E-state index contributed by atoms with van der Waals surface area (Å²) in [4.78, 5) is 10.5. The van der Waals surface area contributed by atoms with E-state index in [1.807, 2.05) is 30.3 Å². The Morgan fingerprint density at radius 1 is 1.12 bits per heavy atom. The molecular weight excluding hydrogens is 310 g/mol. The third-order valence-corrected chi connectivity index (χ3v) is 3.33. The van der Waals surface area contributed by atoms with E-state index in [0.29, 0.717) is 24.5 Å². The number of hydrogen-bond acceptors (Lipinski definition) is 6. The van der Waals surface area contributed by atoms with Gasteiger partial charge in [-0.15, -0.1) is 0 Å². The Bertz CT molecular complexity index is 649. The first-order chi connectivity index (χ1) is 11.6. The first-order valence-electron chi connectivity index (χ1n) is 7.68. The summed E-state index contributed by atoms with van der Waals surface area (Å²) in [6, 6.07) is 15.7. The van der Waals surface area contributed by atoms with Crippen molar-refractivity contribution in [1.82, 2.24) is 5.32 Å². The van der Waals surface area contributed by atoms with Gasteiger partial charge in [-0.2, -0.15) is 0 Å². The number of nitrogens with one attached hydrogen (secondary N) is 2. The van der Waals surface area contributed by atoms with Gasteiger partial charge in [-0.25, -0.2) is 0 Å². The fourth-order valence-electron chi connectivity index (χ4n) is 2.15. The van der Waals surface area contributed by atoms with E-state index in [2.05, 4.69) is 10.6 Å². The van der Waals surface area contributed by atoms with Gasteiger partial charge < -0.3 is 15.2 Å². The fourth-order valence-corrected chi connectivity index (χ4v) is 2.15. The number of anilines is 1. The second kappa shape index (κ2) is 8.85. The summed E-state index contributed by atoms with van der Waals surface area (Å²) in [6.07, 6.45) is -1.28. The van der Waals surface area contributed by atoms with Crippen LogP contribution in [0.15, 0.2) is 54.6 Å². The van der Waals surface area contributed by atoms with Crippen molar-refractivity contribution >= 4 is 11.4 Å². The average molecular weight is 331 g/mol. The molecule has 2 aromatic rings. The molecule has 3 N–H and O–H groups in total. The van der Waals surface area contributed by atoms with Gasteiger partial charge >= 0.3 is 0 Å². The van der Waals surface area contributed by atoms with E-state index < -0.39 is 17.3 Å². The summed E-state index contributed by atoms with van der Waals surface area (Å²) in [6.45, 7) is 2.55. The lowest BCUT2D eigenvalue weighted by atomic mass is 10.2. The molecule has 0 spiro atoms. The maximum absolute atomic E-state index is 11.0. The van der Waals surface area contributed by atoms with E-state index in [4.69, 9.17) is 4.74 Å². The van der Waals surface area contributed by atoms with Crippen LogP contribution in [0.4, 0.5) is 11.4 Å². The van der Waals surface area contributed by atoms with Crippen molar-refractivity contribution < 1.29 is 14.8 Å². The van der Waals surface area contributed by atoms with Gasteiger partial charge in [0.2, 0.25) is 0 Å². The van der Waals surface area contributed by atoms with Crippen LogP contribution in [0.5, 0.6) is 5.75 Å². The molecule has 2 atom stereocenters. The summed E-state index contributed by atoms with van der Waals surface area (Å²) in [5.41, 5.74) is 0.493. The zero-order valence-corrected chi connectivity index (χ0v) is 13.4. The molecule has 0 aromatic heterocycles. The molecule has 0 saturated heterocycles. The topological polar surface area (TPSA) is 96.7 Å². The van der Waals surface area contributed by atoms with Gasteiger partial charge in [0.25, 0.3) is 5.69 Å². The monoisotopic (exact) mass is 331 g/mol. The Morgan fingerprint density at radius 3 is 2.46 bits per heavy atom. The van der Waals surface area contributed by atoms with Crippen LogP contribution in [0, 0.1) is 10.1 Å². The van der Waals surface area contributed by atoms with Crippen LogP contribution in [0.1, 0.15) is 6.92 Å². The third kappa shape index (κ3) is 5.22. The minimum Gasteiger partial charge on any atom is -0.473 e. The van der Waals surface area contributed by atoms with E-state index in [1.54, 1.807) is 25.1 Å². The zero-order valence-electron chi connectivity index (χ0n) is 13.4. The predicted octanol–water partition coefficient (Wildman–Crippen LogP) is 2.38. The predicted molar refractivity (Wildman–Crippen MR) is 92.1 cm³/mol. The minimum absolute atomic E-state index is 0.0325. The smallest absolute Gasteiger partial charge is 0.292 e. The summed E-state index contributed by atoms with van der Waals surface area (Å²) >= 11 is 0. The Kier molecular flexibility index (Phi) is 6.53. The lowest BCUT2D eigenvalue weighted by Gasteiger charge is -2.23. The number of nitrogens with zero attached hydrogens (tertiary/aromatic N) is 1. The van der Waals surface area contributed by atoms with Crippen LogP contribution in [0.2, 0.25) is 0 Å². The average Bonchev–Trinajstić information content (AvgIpc) is 2.58. The number of aliphatic hydroxyl groups is 1. The van der Waals surface area contributed by atoms with Crippen LogP contribution >= 0.6 is 0 Å². The molecule has 2 rings (SSSR count). The molecule has 0 amide bonds. The summed E-state index contributed by atoms with van der Waals surface area (Å²) in [7, 11) is 0. The number of rotatable bonds is 9. The van der Waals surface area contributed by atoms with E-state index in [9.17, 15) is 15.2 Å². The quantitative estimate of drug-likeness (QED) is 0.282. The van der Waals surface area contributed by atoms with Crippen molar-refractivity contribution in [3.63, 3.8) is 0 Å². The second-order valence-electron chi connectivity index (χ2n) is 5.25. The van der Waals surface area contributed by atoms with Crippen molar-refractivity contribution in [2.45, 2.75) is 19.3 Å². The molecule has 128 valence electrons. The van der Waals surface area contributed by atoms with Crippen molar-refractivity contribution in [1.29, 1.82) is 0 Å². The highest BCUT2D eigenvalue weighted by molar-refractivity contribution is 5.61. The molecule has 0 aliphatic rings. The SMILES string of the molecule is CC(O)C(NCCNc1ccccc1[N+](=O)[O-])Oc1ccccc1. The molecular formula is C17H21N3O4. The molecule has 0 aliphatic carbocycles. The van der Waals surface area contributed by atoms with Crippen LogP contribution in [0.3, 0.4) is 0 Å². The molecule has 0 radical (unpaired) electrons. The van der Waals surface area contributed by atoms with Gasteiger partial charge in [0.05, 0.1) is 4.92 Å². The highest BCUT2D eigenvalue weighted by atomic mass is 16.6. The number of benzene rings is 2. The van der Waals surface area contributed by atoms with Gasteiger partial charge in [0.1, 0.15) is 17.5 Å². The highest BCUT2D eigenvalue weighted by Crippen LogP contribution is 2.22. The van der Waals surface area contributed by atoms with Gasteiger partial charge in [0, 0.05) is 19.2 Å². The number of nitro benzene ring substituents is 1. The van der Waals surface area contributed by atoms with Crippen LogP contribution in [-0.4, -0.2) is 35.5 Å². The first kappa shape index (κ1) is 17.7. The molecule has 0 fully saturated rings. The standard InChI is InChI=1S/C17H21N3O4/c1-13(21)17(24-14-7-3-2-4-8-14)19-12-11-18-15-9-5-6-10-16(15)20(22)23/h2-10,13,17-19,21H,11-12H2,1H3. The lowest BCUT2D eigenvalue weighted by molar-refractivity contribution is -0.384. The fraction of sp³-hybridized carbons (Fsp3) is 0.294. The number of para-hydroxylation sites is 3. The second-order valence-corrected chi connectivity index (χ2v) is 5.25. The van der Waals surface area contributed by atoms with Gasteiger partial charge in [-0.05, 0) is 25.1 Å². The van der Waals surface area contributed by atoms with Gasteiger partial charge in [-0.1, -0.05) is 30.3 Å². The van der Waals surface area contributed by atoms with E-state index in [1.165, 1.54) is 6.07 Å². The maximum atomic E-state index is 11.0. The number of aliphatic hydroxyl groups excluding tert-OH is 1. The Morgan fingerprint density at radius 2 is 1.79 bits per heavy atom. The third-order valence-electron chi connectivity index (χ3n) is 3.33. The van der Waals surface area contributed by atoms with E-state index in [0.717, 1.165) is 0 Å². The number of hydrogen-bond donors (Lipinski definition) is 3. The summed E-state index contributed by atoms with van der Waals surface area (Å²) < 4.78 is 5.69. The van der Waals surface area contributed by atoms with Crippen LogP contribution in [-0.2, 0) is 0 Å². The van der Waals surface area contributed by atoms with Gasteiger partial charge in [0.15, 0.2) is 6.23 Å². The summed E-state index contributed by atoms with van der Waals surface area (Å²) in [5.74, 6) is 0.655. The molecule has 2 aromatic carbocycles. The number of ether oxygens (including phenoxy) is 1. The normalized spacial score (nSPS) is 13.1. The molecule has 0 bridgehead atoms. The lowest BCUT2D eigenvalue weighted by Crippen LogP contribution is -2.44. The van der Waals surface area contributed by atoms with E-state index >= 15 is 0 Å².